The average Bonchev–Trinajstić information content (AvgIpc) is 1.82. The number of amides is 1. The number of nitrogens with one attached hydrogen (secondary N) is 1. The lowest BCUT2D eigenvalue weighted by atomic mass is 9.73. The van der Waals surface area contributed by atoms with Crippen LogP contribution in [-0.4, -0.2) is 23.5 Å². The van der Waals surface area contributed by atoms with E-state index in [-0.39, 0.29) is 17.7 Å². The fourth-order valence-corrected chi connectivity index (χ4v) is 1.41. The number of rotatable bonds is 3. The summed E-state index contributed by atoms with van der Waals surface area (Å²) in [6, 6.07) is 0. The van der Waals surface area contributed by atoms with E-state index in [1.807, 2.05) is 0 Å². The Hall–Kier alpha value is -1.06. The zero-order valence-corrected chi connectivity index (χ0v) is 7.04. The van der Waals surface area contributed by atoms with E-state index in [1.54, 1.807) is 0 Å². The number of hydrogen-bond donors (Lipinski definition) is 2. The molecule has 0 aromatic heterocycles. The molecule has 1 rings (SSSR count). The van der Waals surface area contributed by atoms with E-state index in [0.717, 1.165) is 12.8 Å². The van der Waals surface area contributed by atoms with Crippen molar-refractivity contribution in [2.45, 2.75) is 19.8 Å². The van der Waals surface area contributed by atoms with Crippen molar-refractivity contribution in [1.29, 1.82) is 0 Å². The summed E-state index contributed by atoms with van der Waals surface area (Å²) in [7, 11) is 0. The molecule has 0 unspecified atom stereocenters. The lowest BCUT2D eigenvalue weighted by Crippen LogP contribution is -2.40. The van der Waals surface area contributed by atoms with Gasteiger partial charge in [0.1, 0.15) is 0 Å². The molecule has 0 spiro atoms. The van der Waals surface area contributed by atoms with Crippen molar-refractivity contribution in [1.82, 2.24) is 5.32 Å². The van der Waals surface area contributed by atoms with Crippen molar-refractivity contribution in [2.75, 3.05) is 6.54 Å². The summed E-state index contributed by atoms with van der Waals surface area (Å²) in [5, 5.41) is 11.3. The number of carboxylic acids is 1. The molecule has 2 atom stereocenters. The highest BCUT2D eigenvalue weighted by molar-refractivity contribution is 5.73. The van der Waals surface area contributed by atoms with Crippen LogP contribution in [0.25, 0.3) is 0 Å². The molecular formula is C8H13NO3. The number of carboxylic acid groups (broad SMARTS) is 1. The van der Waals surface area contributed by atoms with Crippen LogP contribution in [0.1, 0.15) is 19.8 Å². The summed E-state index contributed by atoms with van der Waals surface area (Å²) >= 11 is 0. The Labute approximate surface area is 71.0 Å². The van der Waals surface area contributed by atoms with E-state index in [4.69, 9.17) is 5.11 Å². The van der Waals surface area contributed by atoms with Gasteiger partial charge in [0.05, 0.1) is 5.92 Å². The summed E-state index contributed by atoms with van der Waals surface area (Å²) in [6.07, 6.45) is 1.66. The molecule has 2 N–H and O–H groups in total. The van der Waals surface area contributed by atoms with Gasteiger partial charge in [-0.1, -0.05) is 0 Å². The number of carbonyl (C=O) groups excluding carboxylic acids is 1. The van der Waals surface area contributed by atoms with Crippen molar-refractivity contribution in [3.63, 3.8) is 0 Å². The van der Waals surface area contributed by atoms with Crippen LogP contribution in [0.5, 0.6) is 0 Å². The molecule has 0 saturated heterocycles. The Kier molecular flexibility index (Phi) is 2.68. The molecule has 1 aliphatic rings. The third-order valence-electron chi connectivity index (χ3n) is 2.35. The first-order valence-corrected chi connectivity index (χ1v) is 4.08. The van der Waals surface area contributed by atoms with E-state index >= 15 is 0 Å². The molecule has 0 aliphatic heterocycles. The number of aliphatic carboxylic acids is 1. The average molecular weight is 171 g/mol. The van der Waals surface area contributed by atoms with Crippen LogP contribution >= 0.6 is 0 Å². The predicted molar refractivity (Wildman–Crippen MR) is 42.5 cm³/mol. The van der Waals surface area contributed by atoms with Gasteiger partial charge in [-0.05, 0) is 18.8 Å². The van der Waals surface area contributed by atoms with Crippen LogP contribution in [0.2, 0.25) is 0 Å². The second-order valence-corrected chi connectivity index (χ2v) is 3.22. The highest BCUT2D eigenvalue weighted by atomic mass is 16.4. The molecular weight excluding hydrogens is 158 g/mol. The third kappa shape index (κ3) is 1.96. The first kappa shape index (κ1) is 9.03. The van der Waals surface area contributed by atoms with Crippen molar-refractivity contribution in [3.05, 3.63) is 0 Å². The van der Waals surface area contributed by atoms with Gasteiger partial charge in [0.2, 0.25) is 5.91 Å². The predicted octanol–water partition coefficient (Wildman–Crippen LogP) is 0.233. The standard InChI is InChI=1S/C8H13NO3/c1-5(10)9-4-6-2-3-7(6)8(11)12/h6-7H,2-4H2,1H3,(H,9,10)(H,11,12)/t6-,7-/m0/s1. The Morgan fingerprint density at radius 3 is 2.50 bits per heavy atom. The van der Waals surface area contributed by atoms with E-state index in [2.05, 4.69) is 5.32 Å². The molecule has 0 radical (unpaired) electrons. The topological polar surface area (TPSA) is 66.4 Å². The molecule has 12 heavy (non-hydrogen) atoms. The third-order valence-corrected chi connectivity index (χ3v) is 2.35. The summed E-state index contributed by atoms with van der Waals surface area (Å²) in [5.41, 5.74) is 0. The fourth-order valence-electron chi connectivity index (χ4n) is 1.41. The lowest BCUT2D eigenvalue weighted by Gasteiger charge is -2.33. The molecule has 0 heterocycles. The van der Waals surface area contributed by atoms with Crippen molar-refractivity contribution < 1.29 is 14.7 Å². The molecule has 1 amide bonds. The quantitative estimate of drug-likeness (QED) is 0.639. The van der Waals surface area contributed by atoms with Crippen LogP contribution in [0.4, 0.5) is 0 Å². The van der Waals surface area contributed by atoms with Gasteiger partial charge in [-0.2, -0.15) is 0 Å². The van der Waals surface area contributed by atoms with Gasteiger partial charge in [-0.3, -0.25) is 9.59 Å². The second-order valence-electron chi connectivity index (χ2n) is 3.22. The highest BCUT2D eigenvalue weighted by Crippen LogP contribution is 2.33. The molecule has 4 heteroatoms. The minimum absolute atomic E-state index is 0.0916. The van der Waals surface area contributed by atoms with Gasteiger partial charge in [-0.15, -0.1) is 0 Å². The van der Waals surface area contributed by atoms with E-state index in [1.165, 1.54) is 6.92 Å². The summed E-state index contributed by atoms with van der Waals surface area (Å²) in [5.74, 6) is -0.925. The van der Waals surface area contributed by atoms with Crippen LogP contribution in [-0.2, 0) is 9.59 Å². The van der Waals surface area contributed by atoms with Crippen LogP contribution < -0.4 is 5.32 Å². The Balaban J connectivity index is 2.25. The lowest BCUT2D eigenvalue weighted by molar-refractivity contribution is -0.148. The maximum atomic E-state index is 10.5. The van der Waals surface area contributed by atoms with Gasteiger partial charge in [0.25, 0.3) is 0 Å². The summed E-state index contributed by atoms with van der Waals surface area (Å²) in [6.45, 7) is 1.95. The minimum atomic E-state index is -0.739. The number of hydrogen-bond acceptors (Lipinski definition) is 2. The minimum Gasteiger partial charge on any atom is -0.481 e. The molecule has 1 saturated carbocycles. The monoisotopic (exact) mass is 171 g/mol. The van der Waals surface area contributed by atoms with Crippen LogP contribution in [0, 0.1) is 11.8 Å². The van der Waals surface area contributed by atoms with E-state index in [9.17, 15) is 9.59 Å². The van der Waals surface area contributed by atoms with Gasteiger partial charge in [0, 0.05) is 13.5 Å². The molecule has 0 bridgehead atoms. The first-order valence-electron chi connectivity index (χ1n) is 4.08. The molecule has 0 aromatic rings. The SMILES string of the molecule is CC(=O)NC[C@@H]1CC[C@@H]1C(=O)O. The summed E-state index contributed by atoms with van der Waals surface area (Å²) < 4.78 is 0. The molecule has 0 aromatic carbocycles. The van der Waals surface area contributed by atoms with Crippen LogP contribution in [0.3, 0.4) is 0 Å². The fraction of sp³-hybridized carbons (Fsp3) is 0.750. The second kappa shape index (κ2) is 3.56. The Bertz CT molecular complexity index is 202. The Morgan fingerprint density at radius 1 is 1.50 bits per heavy atom. The van der Waals surface area contributed by atoms with Gasteiger partial charge in [-0.25, -0.2) is 0 Å². The maximum absolute atomic E-state index is 10.5. The molecule has 1 fully saturated rings. The van der Waals surface area contributed by atoms with Crippen LogP contribution in [0.15, 0.2) is 0 Å². The molecule has 68 valence electrons. The highest BCUT2D eigenvalue weighted by Gasteiger charge is 2.36. The van der Waals surface area contributed by atoms with Crippen molar-refractivity contribution >= 4 is 11.9 Å². The Morgan fingerprint density at radius 2 is 2.17 bits per heavy atom. The zero-order chi connectivity index (χ0) is 9.14. The molecule has 1 aliphatic carbocycles. The maximum Gasteiger partial charge on any atom is 0.306 e. The van der Waals surface area contributed by atoms with Gasteiger partial charge >= 0.3 is 5.97 Å². The number of carbonyl (C=O) groups is 2. The summed E-state index contributed by atoms with van der Waals surface area (Å²) in [4.78, 5) is 21.0. The van der Waals surface area contributed by atoms with Crippen molar-refractivity contribution in [3.8, 4) is 0 Å². The normalized spacial score (nSPS) is 27.4. The first-order chi connectivity index (χ1) is 5.61. The molecule has 4 nitrogen and oxygen atoms in total. The van der Waals surface area contributed by atoms with E-state index < -0.39 is 5.97 Å². The smallest absolute Gasteiger partial charge is 0.306 e. The van der Waals surface area contributed by atoms with Gasteiger partial charge < -0.3 is 10.4 Å². The van der Waals surface area contributed by atoms with Crippen molar-refractivity contribution in [2.24, 2.45) is 11.8 Å². The largest absolute Gasteiger partial charge is 0.481 e. The van der Waals surface area contributed by atoms with Gasteiger partial charge in [0.15, 0.2) is 0 Å². The zero-order valence-electron chi connectivity index (χ0n) is 7.04. The van der Waals surface area contributed by atoms with E-state index in [0.29, 0.717) is 6.54 Å².